The maximum atomic E-state index is 14.1. The molecule has 1 fully saturated rings. The average Bonchev–Trinajstić information content (AvgIpc) is 3.41. The van der Waals surface area contributed by atoms with Crippen LogP contribution in [-0.4, -0.2) is 39.8 Å². The predicted molar refractivity (Wildman–Crippen MR) is 126 cm³/mol. The fraction of sp³-hybridized carbons (Fsp3) is 0.370. The lowest BCUT2D eigenvalue weighted by Gasteiger charge is -2.19. The fourth-order valence-electron chi connectivity index (χ4n) is 4.59. The molecule has 1 unspecified atom stereocenters. The first-order chi connectivity index (χ1) is 17.0. The van der Waals surface area contributed by atoms with Gasteiger partial charge in [0.05, 0.1) is 24.6 Å². The second-order valence-corrected chi connectivity index (χ2v) is 9.03. The first-order valence-corrected chi connectivity index (χ1v) is 11.8. The van der Waals surface area contributed by atoms with Gasteiger partial charge in [-0.1, -0.05) is 24.0 Å². The van der Waals surface area contributed by atoms with Crippen molar-refractivity contribution in [2.75, 3.05) is 13.2 Å². The number of aromatic nitrogens is 3. The lowest BCUT2D eigenvalue weighted by Crippen LogP contribution is -2.31. The van der Waals surface area contributed by atoms with Crippen LogP contribution in [0.1, 0.15) is 57.6 Å². The molecular formula is C27H26F2N4O2. The van der Waals surface area contributed by atoms with Gasteiger partial charge in [0.15, 0.2) is 0 Å². The van der Waals surface area contributed by atoms with Crippen molar-refractivity contribution in [1.82, 2.24) is 19.9 Å². The van der Waals surface area contributed by atoms with Gasteiger partial charge >= 0.3 is 0 Å². The monoisotopic (exact) mass is 476 g/mol. The minimum absolute atomic E-state index is 0.220. The molecule has 0 radical (unpaired) electrons. The highest BCUT2D eigenvalue weighted by Gasteiger charge is 2.30. The second kappa shape index (κ2) is 9.96. The van der Waals surface area contributed by atoms with Gasteiger partial charge in [0.25, 0.3) is 5.91 Å². The number of amides is 1. The Morgan fingerprint density at radius 1 is 1.23 bits per heavy atom. The Morgan fingerprint density at radius 2 is 2.00 bits per heavy atom. The lowest BCUT2D eigenvalue weighted by molar-refractivity contribution is 0.0807. The largest absolute Gasteiger partial charge is 0.381 e. The lowest BCUT2D eigenvalue weighted by atomic mass is 10.00. The molecular weight excluding hydrogens is 450 g/mol. The summed E-state index contributed by atoms with van der Waals surface area (Å²) in [7, 11) is 0. The molecule has 1 N–H and O–H groups in total. The molecule has 0 aliphatic carbocycles. The van der Waals surface area contributed by atoms with Crippen LogP contribution >= 0.6 is 0 Å². The Kier molecular flexibility index (Phi) is 6.60. The molecule has 5 rings (SSSR count). The zero-order valence-electron chi connectivity index (χ0n) is 19.4. The van der Waals surface area contributed by atoms with E-state index in [9.17, 15) is 13.6 Å². The fourth-order valence-corrected chi connectivity index (χ4v) is 4.59. The summed E-state index contributed by atoms with van der Waals surface area (Å²) in [6, 6.07) is 8.71. The Morgan fingerprint density at radius 3 is 2.77 bits per heavy atom. The smallest absolute Gasteiger partial charge is 0.270 e. The number of imidazole rings is 1. The summed E-state index contributed by atoms with van der Waals surface area (Å²) in [5.41, 5.74) is 3.55. The number of carbonyl (C=O) groups excluding carboxylic acids is 1. The van der Waals surface area contributed by atoms with E-state index in [2.05, 4.69) is 27.1 Å². The normalized spacial score (nSPS) is 18.4. The summed E-state index contributed by atoms with van der Waals surface area (Å²) < 4.78 is 34.8. The molecule has 4 heterocycles. The number of carbonyl (C=O) groups is 1. The van der Waals surface area contributed by atoms with E-state index >= 15 is 0 Å². The molecule has 1 aromatic carbocycles. The highest BCUT2D eigenvalue weighted by atomic mass is 19.1. The molecule has 35 heavy (non-hydrogen) atoms. The number of fused-ring (bicyclic) bond motifs is 1. The molecule has 1 amide bonds. The summed E-state index contributed by atoms with van der Waals surface area (Å²) in [6.45, 7) is 3.49. The van der Waals surface area contributed by atoms with Crippen molar-refractivity contribution >= 4 is 5.91 Å². The number of pyridine rings is 1. The van der Waals surface area contributed by atoms with Gasteiger partial charge in [-0.05, 0) is 49.6 Å². The minimum Gasteiger partial charge on any atom is -0.381 e. The zero-order chi connectivity index (χ0) is 24.4. The predicted octanol–water partition coefficient (Wildman–Crippen LogP) is 3.92. The standard InChI is InChI=1S/C27H26F2N4O2/c1-17-12-19(3-2-18-8-10-35-11-9-18)13-23(31-17)27(34)32-25(20-4-6-21(28)7-5-20)26-24-14-22(29)15-33(24)16-30-26/h4-7,12-13,16,18,22,25H,8-11,14-15H2,1H3,(H,32,34)/t22-,25?/m1/s1. The molecule has 1 saturated heterocycles. The van der Waals surface area contributed by atoms with Crippen molar-refractivity contribution in [2.24, 2.45) is 5.92 Å². The van der Waals surface area contributed by atoms with E-state index in [-0.39, 0.29) is 30.4 Å². The van der Waals surface area contributed by atoms with E-state index in [1.54, 1.807) is 29.1 Å². The van der Waals surface area contributed by atoms with E-state index in [1.165, 1.54) is 12.1 Å². The number of alkyl halides is 1. The van der Waals surface area contributed by atoms with Gasteiger partial charge in [-0.15, -0.1) is 0 Å². The summed E-state index contributed by atoms with van der Waals surface area (Å²) >= 11 is 0. The Labute approximate surface area is 202 Å². The number of aryl methyl sites for hydroxylation is 1. The Balaban J connectivity index is 1.43. The van der Waals surface area contributed by atoms with Crippen molar-refractivity contribution in [3.8, 4) is 11.8 Å². The molecule has 2 atom stereocenters. The molecule has 3 aromatic rings. The van der Waals surface area contributed by atoms with Crippen LogP contribution in [0.3, 0.4) is 0 Å². The third-order valence-electron chi connectivity index (χ3n) is 6.37. The summed E-state index contributed by atoms with van der Waals surface area (Å²) in [5.74, 6) is 5.95. The van der Waals surface area contributed by atoms with Gasteiger partial charge in [-0.25, -0.2) is 18.7 Å². The van der Waals surface area contributed by atoms with E-state index in [0.29, 0.717) is 30.2 Å². The molecule has 0 saturated carbocycles. The van der Waals surface area contributed by atoms with Gasteiger partial charge in [0.2, 0.25) is 0 Å². The van der Waals surface area contributed by atoms with Crippen molar-refractivity contribution in [1.29, 1.82) is 0 Å². The van der Waals surface area contributed by atoms with Gasteiger partial charge in [-0.2, -0.15) is 0 Å². The highest BCUT2D eigenvalue weighted by Crippen LogP contribution is 2.29. The number of hydrogen-bond acceptors (Lipinski definition) is 4. The van der Waals surface area contributed by atoms with Gasteiger partial charge in [0, 0.05) is 42.5 Å². The SMILES string of the molecule is Cc1cc(C#CC2CCOCC2)cc(C(=O)NC(c2ccc(F)cc2)c2ncn3c2C[C@@H](F)C3)n1. The van der Waals surface area contributed by atoms with E-state index in [0.717, 1.165) is 24.1 Å². The van der Waals surface area contributed by atoms with Crippen LogP contribution in [0.2, 0.25) is 0 Å². The molecule has 6 nitrogen and oxygen atoms in total. The van der Waals surface area contributed by atoms with Crippen LogP contribution < -0.4 is 5.32 Å². The maximum absolute atomic E-state index is 14.1. The molecule has 2 aliphatic heterocycles. The molecule has 2 aliphatic rings. The number of benzene rings is 1. The number of rotatable bonds is 4. The molecule has 8 heteroatoms. The summed E-state index contributed by atoms with van der Waals surface area (Å²) in [4.78, 5) is 22.2. The number of halogens is 2. The quantitative estimate of drug-likeness (QED) is 0.580. The second-order valence-electron chi connectivity index (χ2n) is 9.03. The van der Waals surface area contributed by atoms with Gasteiger partial charge < -0.3 is 14.6 Å². The van der Waals surface area contributed by atoms with Crippen LogP contribution in [0.15, 0.2) is 42.7 Å². The molecule has 0 spiro atoms. The Hall–Kier alpha value is -3.57. The highest BCUT2D eigenvalue weighted by molar-refractivity contribution is 5.93. The van der Waals surface area contributed by atoms with E-state index in [1.807, 2.05) is 13.0 Å². The van der Waals surface area contributed by atoms with Crippen LogP contribution in [0.25, 0.3) is 0 Å². The first kappa shape index (κ1) is 23.2. The average molecular weight is 477 g/mol. The van der Waals surface area contributed by atoms with Gasteiger partial charge in [-0.3, -0.25) is 4.79 Å². The number of nitrogens with one attached hydrogen (secondary N) is 1. The van der Waals surface area contributed by atoms with Crippen LogP contribution in [-0.2, 0) is 17.7 Å². The van der Waals surface area contributed by atoms with Crippen LogP contribution in [0, 0.1) is 30.5 Å². The third kappa shape index (κ3) is 5.25. The molecule has 2 aromatic heterocycles. The summed E-state index contributed by atoms with van der Waals surface area (Å²) in [5, 5.41) is 2.99. The topological polar surface area (TPSA) is 69.0 Å². The van der Waals surface area contributed by atoms with Crippen molar-refractivity contribution in [3.05, 3.63) is 82.4 Å². The number of nitrogens with zero attached hydrogens (tertiary/aromatic N) is 3. The van der Waals surface area contributed by atoms with Crippen molar-refractivity contribution in [3.63, 3.8) is 0 Å². The Bertz CT molecular complexity index is 1290. The van der Waals surface area contributed by atoms with Crippen LogP contribution in [0.4, 0.5) is 8.78 Å². The molecule has 180 valence electrons. The van der Waals surface area contributed by atoms with Crippen molar-refractivity contribution < 1.29 is 18.3 Å². The van der Waals surface area contributed by atoms with Crippen molar-refractivity contribution in [2.45, 2.75) is 44.9 Å². The zero-order valence-corrected chi connectivity index (χ0v) is 19.4. The maximum Gasteiger partial charge on any atom is 0.270 e. The van der Waals surface area contributed by atoms with E-state index < -0.39 is 18.1 Å². The number of ether oxygens (including phenoxy) is 1. The minimum atomic E-state index is -0.994. The first-order valence-electron chi connectivity index (χ1n) is 11.8. The van der Waals surface area contributed by atoms with Gasteiger partial charge in [0.1, 0.15) is 17.7 Å². The van der Waals surface area contributed by atoms with Crippen LogP contribution in [0.5, 0.6) is 0 Å². The summed E-state index contributed by atoms with van der Waals surface area (Å²) in [6.07, 6.45) is 2.61. The molecule has 0 bridgehead atoms. The van der Waals surface area contributed by atoms with E-state index in [4.69, 9.17) is 4.74 Å². The number of hydrogen-bond donors (Lipinski definition) is 1. The third-order valence-corrected chi connectivity index (χ3v) is 6.37.